The van der Waals surface area contributed by atoms with Crippen molar-refractivity contribution in [2.24, 2.45) is 0 Å². The molecule has 1 aliphatic heterocycles. The van der Waals surface area contributed by atoms with Crippen molar-refractivity contribution in [3.63, 3.8) is 0 Å². The Morgan fingerprint density at radius 3 is 2.14 bits per heavy atom. The summed E-state index contributed by atoms with van der Waals surface area (Å²) in [5, 5.41) is 1.11. The first-order valence-corrected chi connectivity index (χ1v) is 6.68. The lowest BCUT2D eigenvalue weighted by Crippen LogP contribution is -2.49. The van der Waals surface area contributed by atoms with Gasteiger partial charge in [-0.2, -0.15) is 11.8 Å². The van der Waals surface area contributed by atoms with Crippen molar-refractivity contribution in [3.05, 3.63) is 0 Å². The molecule has 1 heterocycles. The second kappa shape index (κ2) is 4.44. The van der Waals surface area contributed by atoms with Crippen molar-refractivity contribution >= 4 is 33.6 Å². The molecule has 2 nitrogen and oxygen atoms in total. The SMILES string of the molecule is CC1CN(C(=O)C(C)(C)Br)CC(C)S1. The molecule has 1 fully saturated rings. The van der Waals surface area contributed by atoms with E-state index in [0.717, 1.165) is 13.1 Å². The maximum atomic E-state index is 12.0. The number of rotatable bonds is 1. The summed E-state index contributed by atoms with van der Waals surface area (Å²) in [6, 6.07) is 0. The van der Waals surface area contributed by atoms with Gasteiger partial charge >= 0.3 is 0 Å². The average Bonchev–Trinajstić information content (AvgIpc) is 1.99. The Morgan fingerprint density at radius 2 is 1.79 bits per heavy atom. The monoisotopic (exact) mass is 279 g/mol. The molecule has 0 saturated carbocycles. The maximum Gasteiger partial charge on any atom is 0.238 e. The molecule has 2 unspecified atom stereocenters. The van der Waals surface area contributed by atoms with Gasteiger partial charge in [0.05, 0.1) is 4.32 Å². The average molecular weight is 280 g/mol. The molecule has 82 valence electrons. The van der Waals surface area contributed by atoms with E-state index in [1.807, 2.05) is 30.5 Å². The largest absolute Gasteiger partial charge is 0.339 e. The van der Waals surface area contributed by atoms with E-state index in [1.54, 1.807) is 0 Å². The van der Waals surface area contributed by atoms with Gasteiger partial charge in [0.25, 0.3) is 0 Å². The molecule has 0 spiro atoms. The smallest absolute Gasteiger partial charge is 0.238 e. The van der Waals surface area contributed by atoms with Gasteiger partial charge in [-0.05, 0) is 13.8 Å². The molecule has 1 saturated heterocycles. The van der Waals surface area contributed by atoms with Crippen LogP contribution >= 0.6 is 27.7 Å². The van der Waals surface area contributed by atoms with Gasteiger partial charge in [0.1, 0.15) is 0 Å². The summed E-state index contributed by atoms with van der Waals surface area (Å²) in [6.45, 7) is 9.94. The second-order valence-corrected chi connectivity index (χ2v) is 8.30. The third-order valence-electron chi connectivity index (χ3n) is 2.22. The zero-order valence-corrected chi connectivity index (χ0v) is 11.6. The van der Waals surface area contributed by atoms with Crippen molar-refractivity contribution in [2.45, 2.75) is 42.5 Å². The number of alkyl halides is 1. The molecule has 0 bridgehead atoms. The van der Waals surface area contributed by atoms with Gasteiger partial charge < -0.3 is 4.90 Å². The van der Waals surface area contributed by atoms with E-state index in [9.17, 15) is 4.79 Å². The fraction of sp³-hybridized carbons (Fsp3) is 0.900. The van der Waals surface area contributed by atoms with Crippen LogP contribution in [0.2, 0.25) is 0 Å². The summed E-state index contributed by atoms with van der Waals surface area (Å²) < 4.78 is -0.422. The van der Waals surface area contributed by atoms with Crippen LogP contribution in [0.5, 0.6) is 0 Å². The molecule has 4 heteroatoms. The zero-order chi connectivity index (χ0) is 10.9. The zero-order valence-electron chi connectivity index (χ0n) is 9.21. The first-order chi connectivity index (χ1) is 6.30. The van der Waals surface area contributed by atoms with Gasteiger partial charge in [-0.3, -0.25) is 4.79 Å². The van der Waals surface area contributed by atoms with Crippen molar-refractivity contribution in [1.82, 2.24) is 4.90 Å². The highest BCUT2D eigenvalue weighted by molar-refractivity contribution is 9.10. The number of amides is 1. The lowest BCUT2D eigenvalue weighted by Gasteiger charge is -2.37. The Balaban J connectivity index is 2.64. The van der Waals surface area contributed by atoms with Crippen LogP contribution in [-0.2, 0) is 4.79 Å². The number of nitrogens with zero attached hydrogens (tertiary/aromatic N) is 1. The summed E-state index contributed by atoms with van der Waals surface area (Å²) >= 11 is 5.39. The molecular weight excluding hydrogens is 262 g/mol. The van der Waals surface area contributed by atoms with Gasteiger partial charge in [-0.1, -0.05) is 29.8 Å². The number of thioether (sulfide) groups is 1. The Bertz CT molecular complexity index is 217. The standard InChI is InChI=1S/C10H18BrNOS/c1-7-5-12(6-8(2)14-7)9(13)10(3,4)11/h7-8H,5-6H2,1-4H3. The quantitative estimate of drug-likeness (QED) is 0.688. The van der Waals surface area contributed by atoms with E-state index in [0.29, 0.717) is 10.5 Å². The summed E-state index contributed by atoms with van der Waals surface area (Å²) in [5.41, 5.74) is 0. The van der Waals surface area contributed by atoms with E-state index in [-0.39, 0.29) is 5.91 Å². The van der Waals surface area contributed by atoms with Crippen LogP contribution in [0.3, 0.4) is 0 Å². The number of carbonyl (C=O) groups excluding carboxylic acids is 1. The number of hydrogen-bond donors (Lipinski definition) is 0. The molecule has 0 aliphatic carbocycles. The predicted molar refractivity (Wildman–Crippen MR) is 66.1 cm³/mol. The number of halogens is 1. The number of hydrogen-bond acceptors (Lipinski definition) is 2. The van der Waals surface area contributed by atoms with Gasteiger partial charge in [0, 0.05) is 23.6 Å². The highest BCUT2D eigenvalue weighted by Crippen LogP contribution is 2.28. The first-order valence-electron chi connectivity index (χ1n) is 4.94. The van der Waals surface area contributed by atoms with Gasteiger partial charge in [-0.25, -0.2) is 0 Å². The molecule has 14 heavy (non-hydrogen) atoms. The van der Waals surface area contributed by atoms with E-state index < -0.39 is 4.32 Å². The number of carbonyl (C=O) groups is 1. The molecule has 1 amide bonds. The minimum atomic E-state index is -0.422. The molecular formula is C10H18BrNOS. The lowest BCUT2D eigenvalue weighted by molar-refractivity contribution is -0.132. The third-order valence-corrected chi connectivity index (χ3v) is 3.78. The summed E-state index contributed by atoms with van der Waals surface area (Å²) in [5.74, 6) is 0.205. The fourth-order valence-electron chi connectivity index (χ4n) is 1.72. The van der Waals surface area contributed by atoms with Crippen LogP contribution in [0, 0.1) is 0 Å². The minimum Gasteiger partial charge on any atom is -0.339 e. The molecule has 1 aliphatic rings. The Labute approximate surface area is 98.9 Å². The van der Waals surface area contributed by atoms with Crippen LogP contribution in [0.1, 0.15) is 27.7 Å². The van der Waals surface area contributed by atoms with E-state index in [4.69, 9.17) is 0 Å². The topological polar surface area (TPSA) is 20.3 Å². The first kappa shape index (κ1) is 12.4. The molecule has 0 radical (unpaired) electrons. The lowest BCUT2D eigenvalue weighted by atomic mass is 10.1. The van der Waals surface area contributed by atoms with Crippen molar-refractivity contribution in [1.29, 1.82) is 0 Å². The van der Waals surface area contributed by atoms with Crippen molar-refractivity contribution in [3.8, 4) is 0 Å². The van der Waals surface area contributed by atoms with Crippen LogP contribution in [0.25, 0.3) is 0 Å². The van der Waals surface area contributed by atoms with Crippen LogP contribution in [0.15, 0.2) is 0 Å². The maximum absolute atomic E-state index is 12.0. The van der Waals surface area contributed by atoms with Crippen LogP contribution in [-0.4, -0.2) is 38.7 Å². The van der Waals surface area contributed by atoms with E-state index in [2.05, 4.69) is 29.8 Å². The predicted octanol–water partition coefficient (Wildman–Crippen LogP) is 2.51. The molecule has 2 atom stereocenters. The van der Waals surface area contributed by atoms with Crippen molar-refractivity contribution in [2.75, 3.05) is 13.1 Å². The highest BCUT2D eigenvalue weighted by Gasteiger charge is 2.33. The van der Waals surface area contributed by atoms with E-state index >= 15 is 0 Å². The summed E-state index contributed by atoms with van der Waals surface area (Å²) in [4.78, 5) is 14.0. The summed E-state index contributed by atoms with van der Waals surface area (Å²) in [7, 11) is 0. The Hall–Kier alpha value is 0.300. The van der Waals surface area contributed by atoms with Gasteiger partial charge in [0.15, 0.2) is 0 Å². The molecule has 0 N–H and O–H groups in total. The minimum absolute atomic E-state index is 0.205. The Morgan fingerprint density at radius 1 is 1.36 bits per heavy atom. The van der Waals surface area contributed by atoms with Crippen LogP contribution in [0.4, 0.5) is 0 Å². The van der Waals surface area contributed by atoms with Gasteiger partial charge in [-0.15, -0.1) is 0 Å². The normalized spacial score (nSPS) is 29.1. The molecule has 0 aromatic rings. The Kier molecular flexibility index (Phi) is 3.92. The molecule has 0 aromatic carbocycles. The molecule has 1 rings (SSSR count). The summed E-state index contributed by atoms with van der Waals surface area (Å²) in [6.07, 6.45) is 0. The third kappa shape index (κ3) is 3.16. The van der Waals surface area contributed by atoms with E-state index in [1.165, 1.54) is 0 Å². The van der Waals surface area contributed by atoms with Crippen molar-refractivity contribution < 1.29 is 4.79 Å². The highest BCUT2D eigenvalue weighted by atomic mass is 79.9. The van der Waals surface area contributed by atoms with Crippen LogP contribution < -0.4 is 0 Å². The van der Waals surface area contributed by atoms with Gasteiger partial charge in [0.2, 0.25) is 5.91 Å². The second-order valence-electron chi connectivity index (χ2n) is 4.44. The molecule has 0 aromatic heterocycles. The fourth-order valence-corrected chi connectivity index (χ4v) is 3.30.